The summed E-state index contributed by atoms with van der Waals surface area (Å²) in [5.74, 6) is 0.220. The van der Waals surface area contributed by atoms with Crippen LogP contribution in [-0.4, -0.2) is 40.2 Å². The number of carboxylic acids is 1. The SMILES string of the molecule is O=C(O)CC1CCCN1C(=O)C1SCCc2ccccc21. The van der Waals surface area contributed by atoms with E-state index in [4.69, 9.17) is 5.11 Å². The monoisotopic (exact) mass is 305 g/mol. The molecule has 2 aliphatic rings. The fourth-order valence-electron chi connectivity index (χ4n) is 3.29. The quantitative estimate of drug-likeness (QED) is 0.932. The maximum atomic E-state index is 12.9. The number of aliphatic carboxylic acids is 1. The molecule has 0 saturated carbocycles. The highest BCUT2D eigenvalue weighted by molar-refractivity contribution is 8.00. The highest BCUT2D eigenvalue weighted by atomic mass is 32.2. The van der Waals surface area contributed by atoms with Gasteiger partial charge in [-0.05, 0) is 36.1 Å². The van der Waals surface area contributed by atoms with E-state index in [1.54, 1.807) is 16.7 Å². The Balaban J connectivity index is 1.81. The molecule has 1 aromatic rings. The van der Waals surface area contributed by atoms with Crippen molar-refractivity contribution in [2.24, 2.45) is 0 Å². The molecule has 1 amide bonds. The van der Waals surface area contributed by atoms with Crippen LogP contribution < -0.4 is 0 Å². The zero-order valence-electron chi connectivity index (χ0n) is 11.8. The zero-order chi connectivity index (χ0) is 14.8. The van der Waals surface area contributed by atoms with Crippen molar-refractivity contribution in [2.45, 2.75) is 37.0 Å². The molecule has 4 nitrogen and oxygen atoms in total. The van der Waals surface area contributed by atoms with Crippen LogP contribution in [0.2, 0.25) is 0 Å². The fraction of sp³-hybridized carbons (Fsp3) is 0.500. The number of hydrogen-bond donors (Lipinski definition) is 1. The Labute approximate surface area is 128 Å². The van der Waals surface area contributed by atoms with E-state index in [0.717, 1.165) is 30.6 Å². The van der Waals surface area contributed by atoms with E-state index in [1.165, 1.54) is 5.56 Å². The van der Waals surface area contributed by atoms with E-state index in [1.807, 2.05) is 18.2 Å². The first-order chi connectivity index (χ1) is 10.2. The average Bonchev–Trinajstić information content (AvgIpc) is 2.93. The van der Waals surface area contributed by atoms with Crippen molar-refractivity contribution in [1.29, 1.82) is 0 Å². The molecular formula is C16H19NO3S. The molecule has 1 aromatic carbocycles. The Kier molecular flexibility index (Phi) is 4.19. The summed E-state index contributed by atoms with van der Waals surface area (Å²) in [6.07, 6.45) is 2.77. The zero-order valence-corrected chi connectivity index (χ0v) is 12.6. The number of fused-ring (bicyclic) bond motifs is 1. The number of likely N-dealkylation sites (tertiary alicyclic amines) is 1. The highest BCUT2D eigenvalue weighted by Gasteiger charge is 2.36. The van der Waals surface area contributed by atoms with Gasteiger partial charge in [0.15, 0.2) is 0 Å². The molecule has 0 aromatic heterocycles. The molecule has 21 heavy (non-hydrogen) atoms. The lowest BCUT2D eigenvalue weighted by Gasteiger charge is -2.31. The van der Waals surface area contributed by atoms with E-state index in [9.17, 15) is 9.59 Å². The smallest absolute Gasteiger partial charge is 0.305 e. The molecule has 0 radical (unpaired) electrons. The lowest BCUT2D eigenvalue weighted by Crippen LogP contribution is -2.40. The molecule has 0 aliphatic carbocycles. The van der Waals surface area contributed by atoms with Crippen molar-refractivity contribution >= 4 is 23.6 Å². The van der Waals surface area contributed by atoms with Gasteiger partial charge in [-0.3, -0.25) is 9.59 Å². The number of carboxylic acid groups (broad SMARTS) is 1. The summed E-state index contributed by atoms with van der Waals surface area (Å²) in [7, 11) is 0. The number of carbonyl (C=O) groups excluding carboxylic acids is 1. The third-order valence-corrected chi connectivity index (χ3v) is 5.52. The van der Waals surface area contributed by atoms with Gasteiger partial charge in [0.05, 0.1) is 6.42 Å². The first-order valence-corrected chi connectivity index (χ1v) is 8.43. The predicted octanol–water partition coefficient (Wildman–Crippen LogP) is 2.48. The van der Waals surface area contributed by atoms with Gasteiger partial charge in [0, 0.05) is 12.6 Å². The van der Waals surface area contributed by atoms with Crippen molar-refractivity contribution in [3.05, 3.63) is 35.4 Å². The van der Waals surface area contributed by atoms with Gasteiger partial charge < -0.3 is 10.0 Å². The molecule has 5 heteroatoms. The Morgan fingerprint density at radius 1 is 1.33 bits per heavy atom. The Morgan fingerprint density at radius 2 is 2.14 bits per heavy atom. The fourth-order valence-corrected chi connectivity index (χ4v) is 4.55. The van der Waals surface area contributed by atoms with E-state index in [2.05, 4.69) is 6.07 Å². The number of thioether (sulfide) groups is 1. The summed E-state index contributed by atoms with van der Waals surface area (Å²) in [6.45, 7) is 0.690. The van der Waals surface area contributed by atoms with Gasteiger partial charge in [0.25, 0.3) is 0 Å². The molecule has 0 bridgehead atoms. The summed E-state index contributed by atoms with van der Waals surface area (Å²) in [6, 6.07) is 7.98. The van der Waals surface area contributed by atoms with Crippen LogP contribution in [0.3, 0.4) is 0 Å². The minimum absolute atomic E-state index is 0.0603. The summed E-state index contributed by atoms with van der Waals surface area (Å²) in [5.41, 5.74) is 2.36. The third-order valence-electron chi connectivity index (χ3n) is 4.29. The number of hydrogen-bond acceptors (Lipinski definition) is 3. The standard InChI is InChI=1S/C16H19NO3S/c18-14(19)10-12-5-3-8-17(12)16(20)15-13-6-2-1-4-11(13)7-9-21-15/h1-2,4,6,12,15H,3,5,7-10H2,(H,18,19). The molecule has 112 valence electrons. The largest absolute Gasteiger partial charge is 0.481 e. The molecule has 1 saturated heterocycles. The molecule has 3 rings (SSSR count). The van der Waals surface area contributed by atoms with E-state index in [-0.39, 0.29) is 23.6 Å². The van der Waals surface area contributed by atoms with Gasteiger partial charge >= 0.3 is 5.97 Å². The van der Waals surface area contributed by atoms with Crippen LogP contribution in [0.5, 0.6) is 0 Å². The van der Waals surface area contributed by atoms with Gasteiger partial charge in [0.1, 0.15) is 5.25 Å². The van der Waals surface area contributed by atoms with Crippen LogP contribution in [0.1, 0.15) is 35.6 Å². The Bertz CT molecular complexity index is 560. The van der Waals surface area contributed by atoms with Gasteiger partial charge in [0.2, 0.25) is 5.91 Å². The molecule has 2 unspecified atom stereocenters. The number of nitrogens with zero attached hydrogens (tertiary/aromatic N) is 1. The van der Waals surface area contributed by atoms with Crippen molar-refractivity contribution in [2.75, 3.05) is 12.3 Å². The Morgan fingerprint density at radius 3 is 2.95 bits per heavy atom. The number of amides is 1. The second-order valence-electron chi connectivity index (χ2n) is 5.63. The lowest BCUT2D eigenvalue weighted by atomic mass is 10.0. The number of rotatable bonds is 3. The summed E-state index contributed by atoms with van der Waals surface area (Å²) in [5, 5.41) is 8.84. The second-order valence-corrected chi connectivity index (χ2v) is 6.84. The van der Waals surface area contributed by atoms with Crippen molar-refractivity contribution in [3.63, 3.8) is 0 Å². The van der Waals surface area contributed by atoms with Crippen LogP contribution >= 0.6 is 11.8 Å². The third kappa shape index (κ3) is 2.93. The topological polar surface area (TPSA) is 57.6 Å². The first-order valence-electron chi connectivity index (χ1n) is 7.38. The maximum absolute atomic E-state index is 12.9. The van der Waals surface area contributed by atoms with E-state index >= 15 is 0 Å². The van der Waals surface area contributed by atoms with Gasteiger partial charge in [-0.25, -0.2) is 0 Å². The van der Waals surface area contributed by atoms with Crippen LogP contribution in [0, 0.1) is 0 Å². The second kappa shape index (κ2) is 6.10. The minimum Gasteiger partial charge on any atom is -0.481 e. The lowest BCUT2D eigenvalue weighted by molar-refractivity contribution is -0.139. The molecule has 1 fully saturated rings. The van der Waals surface area contributed by atoms with Crippen LogP contribution in [-0.2, 0) is 16.0 Å². The van der Waals surface area contributed by atoms with Crippen LogP contribution in [0.25, 0.3) is 0 Å². The van der Waals surface area contributed by atoms with Crippen molar-refractivity contribution in [3.8, 4) is 0 Å². The molecule has 2 heterocycles. The Hall–Kier alpha value is -1.49. The van der Waals surface area contributed by atoms with Gasteiger partial charge in [-0.2, -0.15) is 0 Å². The van der Waals surface area contributed by atoms with Crippen LogP contribution in [0.15, 0.2) is 24.3 Å². The number of aryl methyl sites for hydroxylation is 1. The summed E-state index contributed by atoms with van der Waals surface area (Å²) in [4.78, 5) is 25.6. The average molecular weight is 305 g/mol. The predicted molar refractivity (Wildman–Crippen MR) is 82.3 cm³/mol. The summed E-state index contributed by atoms with van der Waals surface area (Å²) >= 11 is 1.68. The molecule has 2 atom stereocenters. The normalized spacial score (nSPS) is 24.7. The molecule has 0 spiro atoms. The first kappa shape index (κ1) is 14.4. The number of carbonyl (C=O) groups is 2. The van der Waals surface area contributed by atoms with E-state index in [0.29, 0.717) is 6.54 Å². The minimum atomic E-state index is -0.823. The summed E-state index contributed by atoms with van der Waals surface area (Å²) < 4.78 is 0. The van der Waals surface area contributed by atoms with Gasteiger partial charge in [-0.1, -0.05) is 24.3 Å². The van der Waals surface area contributed by atoms with Crippen molar-refractivity contribution in [1.82, 2.24) is 4.90 Å². The van der Waals surface area contributed by atoms with Gasteiger partial charge in [-0.15, -0.1) is 11.8 Å². The molecule has 2 aliphatic heterocycles. The van der Waals surface area contributed by atoms with E-state index < -0.39 is 5.97 Å². The van der Waals surface area contributed by atoms with Crippen molar-refractivity contribution < 1.29 is 14.7 Å². The molecular weight excluding hydrogens is 286 g/mol. The highest BCUT2D eigenvalue weighted by Crippen LogP contribution is 2.39. The maximum Gasteiger partial charge on any atom is 0.305 e. The molecule has 1 N–H and O–H groups in total. The number of benzene rings is 1. The van der Waals surface area contributed by atoms with Crippen LogP contribution in [0.4, 0.5) is 0 Å².